The van der Waals surface area contributed by atoms with E-state index in [9.17, 15) is 4.39 Å². The van der Waals surface area contributed by atoms with Gasteiger partial charge in [0, 0.05) is 40.3 Å². The molecule has 7 heteroatoms. The highest BCUT2D eigenvalue weighted by molar-refractivity contribution is 6.30. The summed E-state index contributed by atoms with van der Waals surface area (Å²) in [6.07, 6.45) is 2.03. The van der Waals surface area contributed by atoms with E-state index in [1.807, 2.05) is 42.6 Å². The molecule has 0 saturated heterocycles. The molecule has 3 aromatic rings. The van der Waals surface area contributed by atoms with Crippen LogP contribution >= 0.6 is 11.6 Å². The Morgan fingerprint density at radius 2 is 1.61 bits per heavy atom. The van der Waals surface area contributed by atoms with E-state index < -0.39 is 0 Å². The molecule has 3 aliphatic heterocycles. The van der Waals surface area contributed by atoms with Crippen LogP contribution in [0, 0.1) is 5.82 Å². The highest BCUT2D eigenvalue weighted by Crippen LogP contribution is 2.42. The van der Waals surface area contributed by atoms with Gasteiger partial charge in [-0.05, 0) is 35.9 Å². The molecule has 0 N–H and O–H groups in total. The Kier molecular flexibility index (Phi) is 4.07. The minimum Gasteiger partial charge on any atom is -0.454 e. The van der Waals surface area contributed by atoms with E-state index in [4.69, 9.17) is 21.1 Å². The van der Waals surface area contributed by atoms with Gasteiger partial charge in [0.25, 0.3) is 0 Å². The maximum Gasteiger partial charge on any atom is 0.231 e. The number of hydrogen-bond acceptors (Lipinski definition) is 4. The van der Waals surface area contributed by atoms with Crippen LogP contribution in [0.25, 0.3) is 33.4 Å². The molecule has 3 aliphatic rings. The van der Waals surface area contributed by atoms with Gasteiger partial charge >= 0.3 is 0 Å². The summed E-state index contributed by atoms with van der Waals surface area (Å²) in [5.74, 6) is 1.12. The van der Waals surface area contributed by atoms with E-state index in [0.717, 1.165) is 39.0 Å². The lowest BCUT2D eigenvalue weighted by Crippen LogP contribution is -2.04. The summed E-state index contributed by atoms with van der Waals surface area (Å²) in [5.41, 5.74) is 5.32. The van der Waals surface area contributed by atoms with E-state index in [1.165, 1.54) is 12.1 Å². The minimum atomic E-state index is -0.258. The van der Waals surface area contributed by atoms with Crippen LogP contribution in [0.15, 0.2) is 66.9 Å². The van der Waals surface area contributed by atoms with Crippen molar-refractivity contribution in [2.45, 2.75) is 6.54 Å². The zero-order valence-electron chi connectivity index (χ0n) is 16.2. The van der Waals surface area contributed by atoms with E-state index in [2.05, 4.69) is 14.8 Å². The third-order valence-corrected chi connectivity index (χ3v) is 5.74. The fourth-order valence-corrected chi connectivity index (χ4v) is 4.09. The first-order valence-electron chi connectivity index (χ1n) is 9.75. The standard InChI is InChI=1S/C24H15ClFN3O2/c25-16-5-3-15(4-6-16)23-19-12-29(11-14-1-7-17(26)8-2-14)20-10-22-21(30-13-31-22)9-18(20)24(19)28-27-23/h1-10,12H,11,13H2. The van der Waals surface area contributed by atoms with E-state index in [1.54, 1.807) is 12.1 Å². The number of rotatable bonds is 3. The number of halogens is 2. The zero-order chi connectivity index (χ0) is 20.9. The minimum absolute atomic E-state index is 0.190. The van der Waals surface area contributed by atoms with Crippen LogP contribution in [-0.4, -0.2) is 21.6 Å². The van der Waals surface area contributed by atoms with Gasteiger partial charge in [-0.3, -0.25) is 0 Å². The molecule has 31 heavy (non-hydrogen) atoms. The third-order valence-electron chi connectivity index (χ3n) is 5.48. The molecule has 3 aromatic carbocycles. The molecule has 0 amide bonds. The monoisotopic (exact) mass is 431 g/mol. The molecule has 3 heterocycles. The second-order valence-corrected chi connectivity index (χ2v) is 7.86. The first-order chi connectivity index (χ1) is 15.2. The van der Waals surface area contributed by atoms with E-state index in [0.29, 0.717) is 23.1 Å². The van der Waals surface area contributed by atoms with E-state index in [-0.39, 0.29) is 12.6 Å². The second kappa shape index (κ2) is 6.96. The number of ether oxygens (including phenoxy) is 2. The van der Waals surface area contributed by atoms with Crippen LogP contribution in [0.5, 0.6) is 11.5 Å². The number of benzene rings is 3. The topological polar surface area (TPSA) is 49.2 Å². The Labute approximate surface area is 182 Å². The van der Waals surface area contributed by atoms with Crippen LogP contribution in [0.3, 0.4) is 0 Å². The zero-order valence-corrected chi connectivity index (χ0v) is 16.9. The Balaban J connectivity index is 1.59. The van der Waals surface area contributed by atoms with Gasteiger partial charge in [0.1, 0.15) is 17.2 Å². The van der Waals surface area contributed by atoms with Crippen molar-refractivity contribution in [3.05, 3.63) is 83.3 Å². The summed E-state index contributed by atoms with van der Waals surface area (Å²) >= 11 is 6.06. The van der Waals surface area contributed by atoms with Crippen molar-refractivity contribution >= 4 is 22.5 Å². The Morgan fingerprint density at radius 3 is 2.39 bits per heavy atom. The predicted molar refractivity (Wildman–Crippen MR) is 116 cm³/mol. The molecule has 5 nitrogen and oxygen atoms in total. The average molecular weight is 432 g/mol. The second-order valence-electron chi connectivity index (χ2n) is 7.42. The Hall–Kier alpha value is -3.64. The van der Waals surface area contributed by atoms with Gasteiger partial charge in [0.05, 0.1) is 5.52 Å². The molecule has 0 aromatic heterocycles. The molecule has 152 valence electrons. The van der Waals surface area contributed by atoms with Gasteiger partial charge in [-0.15, -0.1) is 10.2 Å². The average Bonchev–Trinajstić information content (AvgIpc) is 3.41. The van der Waals surface area contributed by atoms with E-state index >= 15 is 0 Å². The molecular formula is C24H15ClFN3O2. The van der Waals surface area contributed by atoms with Gasteiger partial charge in [-0.1, -0.05) is 35.9 Å². The maximum absolute atomic E-state index is 13.4. The van der Waals surface area contributed by atoms with Crippen molar-refractivity contribution in [1.82, 2.24) is 14.8 Å². The summed E-state index contributed by atoms with van der Waals surface area (Å²) in [6.45, 7) is 0.743. The summed E-state index contributed by atoms with van der Waals surface area (Å²) in [4.78, 5) is 0. The quantitative estimate of drug-likeness (QED) is 0.363. The molecule has 0 atom stereocenters. The summed E-state index contributed by atoms with van der Waals surface area (Å²) in [5, 5.41) is 10.5. The molecule has 0 bridgehead atoms. The molecule has 0 saturated carbocycles. The summed E-state index contributed by atoms with van der Waals surface area (Å²) < 4.78 is 26.7. The van der Waals surface area contributed by atoms with Crippen molar-refractivity contribution in [3.8, 4) is 34.0 Å². The van der Waals surface area contributed by atoms with Crippen LogP contribution in [0.2, 0.25) is 5.02 Å². The Bertz CT molecular complexity index is 1400. The maximum atomic E-state index is 13.4. The fraction of sp³-hybridized carbons (Fsp3) is 0.0833. The van der Waals surface area contributed by atoms with Gasteiger partial charge in [-0.2, -0.15) is 0 Å². The molecular weight excluding hydrogens is 417 g/mol. The highest BCUT2D eigenvalue weighted by Gasteiger charge is 2.24. The lowest BCUT2D eigenvalue weighted by atomic mass is 10.0. The lowest BCUT2D eigenvalue weighted by molar-refractivity contribution is 0.174. The lowest BCUT2D eigenvalue weighted by Gasteiger charge is -2.16. The largest absolute Gasteiger partial charge is 0.454 e. The Morgan fingerprint density at radius 1 is 0.903 bits per heavy atom. The van der Waals surface area contributed by atoms with Crippen LogP contribution in [-0.2, 0) is 6.54 Å². The van der Waals surface area contributed by atoms with Gasteiger partial charge in [0.15, 0.2) is 11.5 Å². The van der Waals surface area contributed by atoms with Crippen molar-refractivity contribution < 1.29 is 13.9 Å². The normalized spacial score (nSPS) is 12.7. The first kappa shape index (κ1) is 18.2. The molecule has 6 rings (SSSR count). The van der Waals surface area contributed by atoms with Crippen molar-refractivity contribution in [2.75, 3.05) is 6.79 Å². The molecule has 0 fully saturated rings. The van der Waals surface area contributed by atoms with Gasteiger partial charge in [0.2, 0.25) is 6.79 Å². The van der Waals surface area contributed by atoms with Crippen LogP contribution in [0.4, 0.5) is 4.39 Å². The summed E-state index contributed by atoms with van der Waals surface area (Å²) in [6, 6.07) is 17.9. The molecule has 0 unspecified atom stereocenters. The molecule has 0 aliphatic carbocycles. The highest BCUT2D eigenvalue weighted by atomic mass is 35.5. The fourth-order valence-electron chi connectivity index (χ4n) is 3.96. The van der Waals surface area contributed by atoms with Crippen molar-refractivity contribution in [3.63, 3.8) is 0 Å². The van der Waals surface area contributed by atoms with Crippen LogP contribution < -0.4 is 9.47 Å². The van der Waals surface area contributed by atoms with Crippen LogP contribution in [0.1, 0.15) is 5.56 Å². The van der Waals surface area contributed by atoms with Gasteiger partial charge in [-0.25, -0.2) is 4.39 Å². The smallest absolute Gasteiger partial charge is 0.231 e. The summed E-state index contributed by atoms with van der Waals surface area (Å²) in [7, 11) is 0. The number of hydrogen-bond donors (Lipinski definition) is 0. The van der Waals surface area contributed by atoms with Crippen molar-refractivity contribution in [2.24, 2.45) is 0 Å². The number of fused-ring (bicyclic) bond motifs is 4. The SMILES string of the molecule is Fc1ccc(Cn2cc3c(-c4ccc(Cl)cc4)nnc-3c3cc4c(cc32)OCO4)cc1. The predicted octanol–water partition coefficient (Wildman–Crippen LogP) is 5.77. The van der Waals surface area contributed by atoms with Crippen molar-refractivity contribution in [1.29, 1.82) is 0 Å². The van der Waals surface area contributed by atoms with Gasteiger partial charge < -0.3 is 14.0 Å². The number of nitrogens with zero attached hydrogens (tertiary/aromatic N) is 3. The molecule has 0 radical (unpaired) electrons. The molecule has 0 spiro atoms. The first-order valence-corrected chi connectivity index (χ1v) is 10.1. The number of aromatic nitrogens is 3. The number of pyridine rings is 1. The third kappa shape index (κ3) is 3.07.